The van der Waals surface area contributed by atoms with Gasteiger partial charge in [-0.25, -0.2) is 8.42 Å². The quantitative estimate of drug-likeness (QED) is 0.929. The largest absolute Gasteiger partial charge is 0.481 e. The van der Waals surface area contributed by atoms with Gasteiger partial charge in [-0.1, -0.05) is 6.42 Å². The van der Waals surface area contributed by atoms with E-state index >= 15 is 0 Å². The molecule has 1 aliphatic rings. The number of aliphatic carboxylic acids is 1. The van der Waals surface area contributed by atoms with E-state index in [9.17, 15) is 13.2 Å². The summed E-state index contributed by atoms with van der Waals surface area (Å²) in [5.41, 5.74) is 0.670. The van der Waals surface area contributed by atoms with Gasteiger partial charge in [-0.3, -0.25) is 4.79 Å². The number of hydrogen-bond donors (Lipinski definition) is 1. The molecular formula is C15H17NO4S2. The Morgan fingerprint density at radius 2 is 1.95 bits per heavy atom. The molecule has 0 radical (unpaired) electrons. The average Bonchev–Trinajstić information content (AvgIpc) is 2.90. The molecule has 0 spiro atoms. The minimum Gasteiger partial charge on any atom is -0.481 e. The molecule has 1 aromatic heterocycles. The molecule has 0 bridgehead atoms. The van der Waals surface area contributed by atoms with Crippen molar-refractivity contribution in [2.45, 2.75) is 30.6 Å². The number of piperidine rings is 1. The second-order valence-corrected chi connectivity index (χ2v) is 8.30. The predicted molar refractivity (Wildman–Crippen MR) is 85.8 cm³/mol. The highest BCUT2D eigenvalue weighted by molar-refractivity contribution is 7.89. The number of fused-ring (bicyclic) bond motifs is 1. The number of rotatable bonds is 4. The topological polar surface area (TPSA) is 74.7 Å². The summed E-state index contributed by atoms with van der Waals surface area (Å²) in [4.78, 5) is 11.2. The number of hydrogen-bond acceptors (Lipinski definition) is 4. The van der Waals surface area contributed by atoms with Crippen molar-refractivity contribution in [1.82, 2.24) is 4.31 Å². The highest BCUT2D eigenvalue weighted by Gasteiger charge is 2.26. The first-order chi connectivity index (χ1) is 10.5. The van der Waals surface area contributed by atoms with Crippen LogP contribution in [0.2, 0.25) is 0 Å². The fourth-order valence-corrected chi connectivity index (χ4v) is 5.26. The lowest BCUT2D eigenvalue weighted by atomic mass is 10.1. The van der Waals surface area contributed by atoms with Gasteiger partial charge in [0.1, 0.15) is 0 Å². The molecule has 0 amide bonds. The van der Waals surface area contributed by atoms with Crippen LogP contribution in [-0.2, 0) is 21.2 Å². The highest BCUT2D eigenvalue weighted by Crippen LogP contribution is 2.30. The normalized spacial score (nSPS) is 16.9. The van der Waals surface area contributed by atoms with Gasteiger partial charge in [0.25, 0.3) is 0 Å². The molecule has 0 unspecified atom stereocenters. The van der Waals surface area contributed by atoms with Crippen molar-refractivity contribution < 1.29 is 18.3 Å². The van der Waals surface area contributed by atoms with Gasteiger partial charge in [0.15, 0.2) is 0 Å². The zero-order valence-electron chi connectivity index (χ0n) is 12.0. The van der Waals surface area contributed by atoms with Gasteiger partial charge in [0.05, 0.1) is 11.3 Å². The zero-order chi connectivity index (χ0) is 15.7. The van der Waals surface area contributed by atoms with Crippen molar-refractivity contribution in [3.05, 3.63) is 29.1 Å². The van der Waals surface area contributed by atoms with Gasteiger partial charge in [-0.05, 0) is 47.4 Å². The van der Waals surface area contributed by atoms with Crippen LogP contribution in [0.3, 0.4) is 0 Å². The van der Waals surface area contributed by atoms with Gasteiger partial charge in [0.2, 0.25) is 10.0 Å². The van der Waals surface area contributed by atoms with Crippen LogP contribution < -0.4 is 0 Å². The smallest absolute Gasteiger partial charge is 0.307 e. The van der Waals surface area contributed by atoms with Gasteiger partial charge in [-0.2, -0.15) is 4.31 Å². The molecule has 1 N–H and O–H groups in total. The number of carboxylic acids is 1. The fourth-order valence-electron chi connectivity index (χ4n) is 2.78. The molecule has 2 aromatic rings. The Kier molecular flexibility index (Phi) is 4.20. The minimum atomic E-state index is -3.49. The molecule has 0 saturated carbocycles. The summed E-state index contributed by atoms with van der Waals surface area (Å²) in [6.45, 7) is 1.12. The molecule has 1 fully saturated rings. The minimum absolute atomic E-state index is 0.0901. The lowest BCUT2D eigenvalue weighted by Gasteiger charge is -2.25. The molecule has 118 valence electrons. The Hall–Kier alpha value is -1.44. The zero-order valence-corrected chi connectivity index (χ0v) is 13.6. The summed E-state index contributed by atoms with van der Waals surface area (Å²) in [6, 6.07) is 5.00. The lowest BCUT2D eigenvalue weighted by molar-refractivity contribution is -0.136. The Morgan fingerprint density at radius 1 is 1.23 bits per heavy atom. The molecule has 22 heavy (non-hydrogen) atoms. The summed E-state index contributed by atoms with van der Waals surface area (Å²) in [7, 11) is -3.49. The van der Waals surface area contributed by atoms with E-state index in [1.807, 2.05) is 0 Å². The summed E-state index contributed by atoms with van der Waals surface area (Å²) < 4.78 is 27.8. The summed E-state index contributed by atoms with van der Waals surface area (Å²) in [5.74, 6) is -0.913. The van der Waals surface area contributed by atoms with Crippen LogP contribution in [-0.4, -0.2) is 36.9 Å². The van der Waals surface area contributed by atoms with Crippen LogP contribution in [0.15, 0.2) is 28.5 Å². The predicted octanol–water partition coefficient (Wildman–Crippen LogP) is 2.70. The third kappa shape index (κ3) is 2.88. The number of thiophene rings is 1. The van der Waals surface area contributed by atoms with E-state index in [0.29, 0.717) is 18.7 Å². The molecule has 0 atom stereocenters. The summed E-state index contributed by atoms with van der Waals surface area (Å²) in [5, 5.41) is 11.5. The van der Waals surface area contributed by atoms with Crippen molar-refractivity contribution in [2.24, 2.45) is 0 Å². The van der Waals surface area contributed by atoms with Crippen LogP contribution in [0, 0.1) is 0 Å². The number of nitrogens with zero attached hydrogens (tertiary/aromatic N) is 1. The Bertz CT molecular complexity index is 804. The van der Waals surface area contributed by atoms with E-state index in [-0.39, 0.29) is 11.3 Å². The molecule has 2 heterocycles. The van der Waals surface area contributed by atoms with E-state index in [1.165, 1.54) is 15.6 Å². The molecule has 3 rings (SSSR count). The van der Waals surface area contributed by atoms with Crippen LogP contribution in [0.1, 0.15) is 24.8 Å². The van der Waals surface area contributed by atoms with E-state index in [1.54, 1.807) is 23.6 Å². The highest BCUT2D eigenvalue weighted by atomic mass is 32.2. The summed E-state index contributed by atoms with van der Waals surface area (Å²) in [6.07, 6.45) is 2.76. The summed E-state index contributed by atoms with van der Waals surface area (Å²) >= 11 is 1.44. The molecule has 5 nitrogen and oxygen atoms in total. The van der Waals surface area contributed by atoms with Crippen molar-refractivity contribution in [1.29, 1.82) is 0 Å². The first-order valence-electron chi connectivity index (χ1n) is 7.20. The molecular weight excluding hydrogens is 322 g/mol. The lowest BCUT2D eigenvalue weighted by Crippen LogP contribution is -2.35. The van der Waals surface area contributed by atoms with Gasteiger partial charge in [-0.15, -0.1) is 11.3 Å². The Labute approximate surface area is 133 Å². The molecule has 7 heteroatoms. The SMILES string of the molecule is O=C(O)Cc1csc2ccc(S(=O)(=O)N3CCCCC3)cc12. The number of carboxylic acid groups (broad SMARTS) is 1. The number of sulfonamides is 1. The second kappa shape index (κ2) is 5.98. The molecule has 1 saturated heterocycles. The van der Waals surface area contributed by atoms with Crippen molar-refractivity contribution in [3.8, 4) is 0 Å². The second-order valence-electron chi connectivity index (χ2n) is 5.45. The van der Waals surface area contributed by atoms with E-state index < -0.39 is 16.0 Å². The monoisotopic (exact) mass is 339 g/mol. The van der Waals surface area contributed by atoms with Crippen LogP contribution >= 0.6 is 11.3 Å². The molecule has 1 aromatic carbocycles. The van der Waals surface area contributed by atoms with Gasteiger partial charge < -0.3 is 5.11 Å². The average molecular weight is 339 g/mol. The van der Waals surface area contributed by atoms with Gasteiger partial charge in [0, 0.05) is 17.8 Å². The van der Waals surface area contributed by atoms with Crippen LogP contribution in [0.25, 0.3) is 10.1 Å². The Morgan fingerprint density at radius 3 is 2.64 bits per heavy atom. The van der Waals surface area contributed by atoms with Crippen LogP contribution in [0.5, 0.6) is 0 Å². The third-order valence-corrected chi connectivity index (χ3v) is 6.83. The molecule has 1 aliphatic heterocycles. The van der Waals surface area contributed by atoms with E-state index in [4.69, 9.17) is 5.11 Å². The van der Waals surface area contributed by atoms with Crippen molar-refractivity contribution >= 4 is 37.4 Å². The van der Waals surface area contributed by atoms with Crippen LogP contribution in [0.4, 0.5) is 0 Å². The maximum Gasteiger partial charge on any atom is 0.307 e. The van der Waals surface area contributed by atoms with E-state index in [0.717, 1.165) is 29.3 Å². The maximum atomic E-state index is 12.7. The van der Waals surface area contributed by atoms with Gasteiger partial charge >= 0.3 is 5.97 Å². The third-order valence-electron chi connectivity index (χ3n) is 3.92. The van der Waals surface area contributed by atoms with Crippen molar-refractivity contribution in [3.63, 3.8) is 0 Å². The standard InChI is InChI=1S/C15H17NO4S2/c17-15(18)8-11-10-21-14-5-4-12(9-13(11)14)22(19,20)16-6-2-1-3-7-16/h4-5,9-10H,1-3,6-8H2,(H,17,18). The Balaban J connectivity index is 2.01. The number of carbonyl (C=O) groups is 1. The first-order valence-corrected chi connectivity index (χ1v) is 9.52. The first kappa shape index (κ1) is 15.5. The number of benzene rings is 1. The van der Waals surface area contributed by atoms with Crippen molar-refractivity contribution in [2.75, 3.05) is 13.1 Å². The molecule has 0 aliphatic carbocycles. The maximum absolute atomic E-state index is 12.7. The fraction of sp³-hybridized carbons (Fsp3) is 0.400. The van der Waals surface area contributed by atoms with E-state index in [2.05, 4.69) is 0 Å².